The summed E-state index contributed by atoms with van der Waals surface area (Å²) in [5, 5.41) is 22.6. The van der Waals surface area contributed by atoms with Crippen molar-refractivity contribution in [3.63, 3.8) is 0 Å². The van der Waals surface area contributed by atoms with E-state index in [1.807, 2.05) is 16.8 Å². The molecule has 9 heteroatoms. The minimum Gasteiger partial charge on any atom is -0.390 e. The minimum absolute atomic E-state index is 0.000720. The quantitative estimate of drug-likeness (QED) is 0.285. The van der Waals surface area contributed by atoms with Gasteiger partial charge in [0.15, 0.2) is 0 Å². The first-order chi connectivity index (χ1) is 18.6. The number of nitrogens with one attached hydrogen (secondary N) is 1. The lowest BCUT2D eigenvalue weighted by molar-refractivity contribution is -0.00658. The van der Waals surface area contributed by atoms with E-state index in [0.717, 1.165) is 54.5 Å². The summed E-state index contributed by atoms with van der Waals surface area (Å²) in [5.74, 6) is 2.20. The number of nitrogens with two attached hydrogens (primary N) is 1. The van der Waals surface area contributed by atoms with Crippen LogP contribution in [0.1, 0.15) is 63.9 Å². The highest BCUT2D eigenvalue weighted by molar-refractivity contribution is 5.86. The third-order valence-corrected chi connectivity index (χ3v) is 9.21. The maximum atomic E-state index is 10.9. The SMILES string of the molecule is CN(C[C@H]1C[C@@H](n2ccc3c(N)ncnc32)[C@H](O)[C@@H]1O)C1CC(CCc2nc3cc(C(C)(C)C)ccc3[nH]2)C1. The van der Waals surface area contributed by atoms with Crippen LogP contribution in [0.4, 0.5) is 5.82 Å². The van der Waals surface area contributed by atoms with Gasteiger partial charge in [0.05, 0.1) is 28.6 Å². The number of aromatic nitrogens is 5. The van der Waals surface area contributed by atoms with Crippen molar-refractivity contribution in [2.75, 3.05) is 19.3 Å². The highest BCUT2D eigenvalue weighted by Crippen LogP contribution is 2.40. The highest BCUT2D eigenvalue weighted by Gasteiger charge is 2.44. The van der Waals surface area contributed by atoms with Crippen molar-refractivity contribution >= 4 is 27.9 Å². The molecule has 0 bridgehead atoms. The van der Waals surface area contributed by atoms with E-state index in [4.69, 9.17) is 10.7 Å². The molecule has 208 valence electrons. The van der Waals surface area contributed by atoms with Gasteiger partial charge in [0.1, 0.15) is 29.7 Å². The van der Waals surface area contributed by atoms with Gasteiger partial charge in [-0.3, -0.25) is 0 Å². The standard InChI is InChI=1S/C30H41N7O2/c1-30(2,3)19-6-7-22-23(14-19)35-25(34-22)8-5-17-11-20(12-17)36(4)15-18-13-24(27(39)26(18)38)37-10-9-21-28(31)32-16-33-29(21)37/h6-7,9-10,14,16-18,20,24,26-27,38-39H,5,8,11-13,15H2,1-4H3,(H,34,35)(H2,31,32,33)/t17?,18-,20?,24-,26-,27+/m1/s1. The molecule has 39 heavy (non-hydrogen) atoms. The second-order valence-corrected chi connectivity index (χ2v) is 12.9. The summed E-state index contributed by atoms with van der Waals surface area (Å²) in [6.45, 7) is 7.46. The van der Waals surface area contributed by atoms with E-state index >= 15 is 0 Å². The molecule has 5 N–H and O–H groups in total. The highest BCUT2D eigenvalue weighted by atomic mass is 16.3. The van der Waals surface area contributed by atoms with Gasteiger partial charge in [-0.1, -0.05) is 26.8 Å². The van der Waals surface area contributed by atoms with Gasteiger partial charge in [-0.25, -0.2) is 15.0 Å². The molecule has 0 aliphatic heterocycles. The molecule has 0 spiro atoms. The number of nitrogen functional groups attached to an aromatic ring is 1. The number of rotatable bonds is 7. The Morgan fingerprint density at radius 1 is 1.10 bits per heavy atom. The third-order valence-electron chi connectivity index (χ3n) is 9.21. The summed E-state index contributed by atoms with van der Waals surface area (Å²) >= 11 is 0. The number of hydrogen-bond acceptors (Lipinski definition) is 7. The fraction of sp³-hybridized carbons (Fsp3) is 0.567. The van der Waals surface area contributed by atoms with Crippen molar-refractivity contribution in [1.82, 2.24) is 29.4 Å². The summed E-state index contributed by atoms with van der Waals surface area (Å²) in [6.07, 6.45) is 6.86. The number of H-pyrrole nitrogens is 1. The number of aryl methyl sites for hydroxylation is 1. The normalized spacial score (nSPS) is 27.6. The van der Waals surface area contributed by atoms with Gasteiger partial charge < -0.3 is 30.4 Å². The first-order valence-electron chi connectivity index (χ1n) is 14.2. The molecule has 2 fully saturated rings. The van der Waals surface area contributed by atoms with Crippen molar-refractivity contribution in [1.29, 1.82) is 0 Å². The van der Waals surface area contributed by atoms with E-state index in [2.05, 4.69) is 65.9 Å². The van der Waals surface area contributed by atoms with Gasteiger partial charge in [0.25, 0.3) is 0 Å². The average molecular weight is 532 g/mol. The Labute approximate surface area is 229 Å². The fourth-order valence-electron chi connectivity index (χ4n) is 6.61. The monoisotopic (exact) mass is 531 g/mol. The zero-order valence-electron chi connectivity index (χ0n) is 23.4. The number of imidazole rings is 1. The van der Waals surface area contributed by atoms with Crippen LogP contribution in [0.3, 0.4) is 0 Å². The zero-order valence-corrected chi connectivity index (χ0v) is 23.4. The van der Waals surface area contributed by atoms with Crippen LogP contribution in [0.2, 0.25) is 0 Å². The van der Waals surface area contributed by atoms with E-state index in [1.54, 1.807) is 0 Å². The number of fused-ring (bicyclic) bond motifs is 2. The second kappa shape index (κ2) is 9.87. The van der Waals surface area contributed by atoms with Gasteiger partial charge >= 0.3 is 0 Å². The van der Waals surface area contributed by atoms with Crippen LogP contribution >= 0.6 is 0 Å². The maximum absolute atomic E-state index is 10.9. The Kier molecular flexibility index (Phi) is 6.64. The Bertz CT molecular complexity index is 1470. The predicted octanol–water partition coefficient (Wildman–Crippen LogP) is 3.81. The molecule has 2 aliphatic carbocycles. The number of aliphatic hydroxyl groups excluding tert-OH is 2. The molecule has 4 aromatic rings. The Balaban J connectivity index is 1.01. The van der Waals surface area contributed by atoms with E-state index in [1.165, 1.54) is 11.9 Å². The van der Waals surface area contributed by atoms with Crippen molar-refractivity contribution in [3.8, 4) is 0 Å². The number of nitrogens with zero attached hydrogens (tertiary/aromatic N) is 5. The van der Waals surface area contributed by atoms with Crippen molar-refractivity contribution in [2.24, 2.45) is 11.8 Å². The molecule has 2 aliphatic rings. The Morgan fingerprint density at radius 2 is 1.90 bits per heavy atom. The summed E-state index contributed by atoms with van der Waals surface area (Å²) in [7, 11) is 2.15. The lowest BCUT2D eigenvalue weighted by Gasteiger charge is -2.42. The van der Waals surface area contributed by atoms with Gasteiger partial charge in [0.2, 0.25) is 0 Å². The Morgan fingerprint density at radius 3 is 2.67 bits per heavy atom. The Hall–Kier alpha value is -3.01. The van der Waals surface area contributed by atoms with E-state index in [9.17, 15) is 10.2 Å². The predicted molar refractivity (Wildman–Crippen MR) is 153 cm³/mol. The lowest BCUT2D eigenvalue weighted by atomic mass is 9.76. The van der Waals surface area contributed by atoms with E-state index < -0.39 is 12.2 Å². The average Bonchev–Trinajstić information content (AvgIpc) is 3.54. The number of benzene rings is 1. The molecule has 3 heterocycles. The lowest BCUT2D eigenvalue weighted by Crippen LogP contribution is -2.46. The molecule has 0 amide bonds. The van der Waals surface area contributed by atoms with E-state index in [-0.39, 0.29) is 17.4 Å². The zero-order chi connectivity index (χ0) is 27.5. The molecule has 3 aromatic heterocycles. The fourth-order valence-corrected chi connectivity index (χ4v) is 6.61. The molecule has 0 unspecified atom stereocenters. The summed E-state index contributed by atoms with van der Waals surface area (Å²) < 4.78 is 1.95. The molecule has 0 saturated heterocycles. The van der Waals surface area contributed by atoms with Gasteiger partial charge in [0, 0.05) is 31.1 Å². The molecular weight excluding hydrogens is 490 g/mol. The minimum atomic E-state index is -0.840. The van der Waals surface area contributed by atoms with Gasteiger partial charge in [-0.2, -0.15) is 0 Å². The summed E-state index contributed by atoms with van der Waals surface area (Å²) in [5.41, 5.74) is 10.3. The first kappa shape index (κ1) is 26.2. The van der Waals surface area contributed by atoms with Crippen LogP contribution in [0.5, 0.6) is 0 Å². The second-order valence-electron chi connectivity index (χ2n) is 12.9. The number of aromatic amines is 1. The van der Waals surface area contributed by atoms with Gasteiger partial charge in [-0.15, -0.1) is 0 Å². The van der Waals surface area contributed by atoms with Crippen molar-refractivity contribution in [3.05, 3.63) is 48.2 Å². The first-order valence-corrected chi connectivity index (χ1v) is 14.2. The summed E-state index contributed by atoms with van der Waals surface area (Å²) in [4.78, 5) is 19.2. The molecular formula is C30H41N7O2. The summed E-state index contributed by atoms with van der Waals surface area (Å²) in [6, 6.07) is 8.73. The van der Waals surface area contributed by atoms with Crippen LogP contribution in [0.15, 0.2) is 36.8 Å². The van der Waals surface area contributed by atoms with Gasteiger partial charge in [-0.05, 0) is 67.8 Å². The van der Waals surface area contributed by atoms with Crippen LogP contribution in [-0.2, 0) is 11.8 Å². The van der Waals surface area contributed by atoms with Crippen LogP contribution in [-0.4, -0.2) is 71.5 Å². The van der Waals surface area contributed by atoms with Crippen LogP contribution in [0, 0.1) is 11.8 Å². The van der Waals surface area contributed by atoms with Crippen molar-refractivity contribution in [2.45, 2.75) is 82.6 Å². The molecule has 2 saturated carbocycles. The van der Waals surface area contributed by atoms with Crippen molar-refractivity contribution < 1.29 is 10.2 Å². The number of aliphatic hydroxyl groups is 2. The molecule has 4 atom stereocenters. The molecule has 9 nitrogen and oxygen atoms in total. The number of hydrogen-bond donors (Lipinski definition) is 4. The molecule has 0 radical (unpaired) electrons. The maximum Gasteiger partial charge on any atom is 0.145 e. The third kappa shape index (κ3) is 4.92. The van der Waals surface area contributed by atoms with Crippen LogP contribution in [0.25, 0.3) is 22.1 Å². The van der Waals surface area contributed by atoms with Crippen LogP contribution < -0.4 is 5.73 Å². The largest absolute Gasteiger partial charge is 0.390 e. The number of anilines is 1. The smallest absolute Gasteiger partial charge is 0.145 e. The van der Waals surface area contributed by atoms with E-state index in [0.29, 0.717) is 29.8 Å². The molecule has 6 rings (SSSR count). The molecule has 1 aromatic carbocycles. The topological polar surface area (TPSA) is 129 Å².